The molecule has 0 radical (unpaired) electrons. The van der Waals surface area contributed by atoms with Gasteiger partial charge in [0, 0.05) is 41.3 Å². The third-order valence-electron chi connectivity index (χ3n) is 4.88. The van der Waals surface area contributed by atoms with Gasteiger partial charge in [0.2, 0.25) is 15.1 Å². The first-order chi connectivity index (χ1) is 16.3. The monoisotopic (exact) mass is 533 g/mol. The molecule has 4 aromatic rings. The number of hydrogen-bond donors (Lipinski definition) is 1. The summed E-state index contributed by atoms with van der Waals surface area (Å²) < 4.78 is 102. The third kappa shape index (κ3) is 5.49. The van der Waals surface area contributed by atoms with Gasteiger partial charge in [-0.2, -0.15) is 30.9 Å². The summed E-state index contributed by atoms with van der Waals surface area (Å²) in [6.07, 6.45) is 0.344. The average Bonchev–Trinajstić information content (AvgIpc) is 3.20. The van der Waals surface area contributed by atoms with Crippen LogP contribution >= 0.6 is 11.8 Å². The Morgan fingerprint density at radius 1 is 1.06 bits per heavy atom. The number of alkyl halides is 6. The molecule has 35 heavy (non-hydrogen) atoms. The lowest BCUT2D eigenvalue weighted by Gasteiger charge is -2.10. The van der Waals surface area contributed by atoms with Gasteiger partial charge in [0.1, 0.15) is 22.8 Å². The summed E-state index contributed by atoms with van der Waals surface area (Å²) in [7, 11) is -3.68. The molecule has 0 spiro atoms. The molecule has 0 aliphatic carbocycles. The van der Waals surface area contributed by atoms with Crippen molar-refractivity contribution in [2.75, 3.05) is 5.75 Å². The summed E-state index contributed by atoms with van der Waals surface area (Å²) in [5.41, 5.74) is -5.23. The zero-order valence-corrected chi connectivity index (χ0v) is 19.3. The van der Waals surface area contributed by atoms with Crippen molar-refractivity contribution in [3.63, 3.8) is 0 Å². The maximum Gasteiger partial charge on any atom is 0.446 e. The summed E-state index contributed by atoms with van der Waals surface area (Å²) in [5, 5.41) is 0. The van der Waals surface area contributed by atoms with Crippen LogP contribution in [0.1, 0.15) is 12.5 Å². The predicted molar refractivity (Wildman–Crippen MR) is 118 cm³/mol. The molecule has 0 aliphatic heterocycles. The molecule has 4 aromatic heterocycles. The van der Waals surface area contributed by atoms with E-state index in [1.807, 2.05) is 0 Å². The van der Waals surface area contributed by atoms with Crippen molar-refractivity contribution in [3.05, 3.63) is 60.7 Å². The largest absolute Gasteiger partial charge is 0.446 e. The van der Waals surface area contributed by atoms with Crippen LogP contribution in [0.4, 0.5) is 26.3 Å². The van der Waals surface area contributed by atoms with Crippen LogP contribution in [-0.2, 0) is 20.6 Å². The number of thioether (sulfide) groups is 1. The average molecular weight is 533 g/mol. The molecule has 4 rings (SSSR count). The van der Waals surface area contributed by atoms with Crippen molar-refractivity contribution in [3.8, 4) is 22.6 Å². The van der Waals surface area contributed by atoms with Gasteiger partial charge in [0.05, 0.1) is 11.3 Å². The number of aromatic nitrogens is 4. The van der Waals surface area contributed by atoms with Crippen LogP contribution < -0.4 is 0 Å². The highest BCUT2D eigenvalue weighted by atomic mass is 32.3. The second kappa shape index (κ2) is 8.91. The van der Waals surface area contributed by atoms with E-state index < -0.39 is 27.5 Å². The van der Waals surface area contributed by atoms with E-state index in [4.69, 9.17) is 0 Å². The molecule has 6 nitrogen and oxygen atoms in total. The van der Waals surface area contributed by atoms with E-state index in [0.717, 1.165) is 18.3 Å². The Bertz CT molecular complexity index is 1450. The van der Waals surface area contributed by atoms with Gasteiger partial charge in [-0.15, -0.1) is 0 Å². The molecule has 0 aromatic carbocycles. The Balaban J connectivity index is 1.82. The van der Waals surface area contributed by atoms with Crippen molar-refractivity contribution in [1.29, 1.82) is 0 Å². The molecule has 14 heteroatoms. The number of fused-ring (bicyclic) bond motifs is 1. The topological polar surface area (TPSA) is 80.4 Å². The minimum absolute atomic E-state index is 0.0243. The number of imidazole rings is 1. The Hall–Kier alpha value is -2.97. The molecule has 184 valence electrons. The van der Waals surface area contributed by atoms with Gasteiger partial charge in [0.25, 0.3) is 0 Å². The van der Waals surface area contributed by atoms with E-state index in [1.165, 1.54) is 48.1 Å². The van der Waals surface area contributed by atoms with Crippen molar-refractivity contribution in [1.82, 2.24) is 19.4 Å². The van der Waals surface area contributed by atoms with Gasteiger partial charge in [-0.1, -0.05) is 4.21 Å². The fraction of sp³-hybridized carbons (Fsp3) is 0.190. The zero-order valence-electron chi connectivity index (χ0n) is 17.6. The highest BCUT2D eigenvalue weighted by Gasteiger charge is 2.35. The van der Waals surface area contributed by atoms with Crippen molar-refractivity contribution < 1.29 is 35.1 Å². The molecule has 0 bridgehead atoms. The van der Waals surface area contributed by atoms with Crippen LogP contribution in [0.2, 0.25) is 0 Å². The van der Waals surface area contributed by atoms with E-state index >= 15 is 0 Å². The first-order valence-electron chi connectivity index (χ1n) is 9.80. The molecule has 0 aliphatic rings. The normalized spacial score (nSPS) is 14.3. The van der Waals surface area contributed by atoms with Gasteiger partial charge in [-0.05, 0) is 43.0 Å². The van der Waals surface area contributed by atoms with Crippen molar-refractivity contribution in [2.24, 2.45) is 0 Å². The lowest BCUT2D eigenvalue weighted by molar-refractivity contribution is -0.137. The lowest BCUT2D eigenvalue weighted by Crippen LogP contribution is -2.15. The van der Waals surface area contributed by atoms with Gasteiger partial charge in [-0.3, -0.25) is 4.98 Å². The van der Waals surface area contributed by atoms with Crippen LogP contribution in [0.5, 0.6) is 0 Å². The molecule has 4 heterocycles. The van der Waals surface area contributed by atoms with E-state index in [0.29, 0.717) is 0 Å². The molecule has 0 amide bonds. The van der Waals surface area contributed by atoms with E-state index in [9.17, 15) is 35.1 Å². The predicted octanol–water partition coefficient (Wildman–Crippen LogP) is 6.44. The lowest BCUT2D eigenvalue weighted by atomic mass is 10.1. The Labute approximate surface area is 199 Å². The summed E-state index contributed by atoms with van der Waals surface area (Å²) in [4.78, 5) is 12.1. The third-order valence-corrected chi connectivity index (χ3v) is 7.38. The van der Waals surface area contributed by atoms with E-state index in [-0.39, 0.29) is 55.6 Å². The minimum atomic E-state index is -4.61. The number of rotatable bonds is 5. The number of hydrogen-bond acceptors (Lipinski definition) is 5. The maximum atomic E-state index is 13.1. The van der Waals surface area contributed by atoms with Crippen LogP contribution in [0.15, 0.2) is 64.9 Å². The Morgan fingerprint density at radius 3 is 2.46 bits per heavy atom. The minimum Gasteiger partial charge on any atom is -0.306 e. The highest BCUT2D eigenvalue weighted by Crippen LogP contribution is 2.38. The first-order valence-corrected chi connectivity index (χ1v) is 12.3. The molecule has 0 saturated carbocycles. The fourth-order valence-corrected chi connectivity index (χ4v) is 4.86. The molecular weight excluding hydrogens is 518 g/mol. The van der Waals surface area contributed by atoms with Gasteiger partial charge < -0.3 is 4.40 Å². The highest BCUT2D eigenvalue weighted by molar-refractivity contribution is 8.00. The molecular formula is C21H15F6N4O2S2+. The zero-order chi connectivity index (χ0) is 25.6. The van der Waals surface area contributed by atoms with Gasteiger partial charge >= 0.3 is 11.7 Å². The quantitative estimate of drug-likeness (QED) is 0.181. The van der Waals surface area contributed by atoms with Crippen LogP contribution in [0.25, 0.3) is 28.3 Å². The second-order valence-electron chi connectivity index (χ2n) is 7.23. The molecule has 1 N–H and O–H groups in total. The standard InChI is InChI=1S/C21H14F6N4O2S2/c1-2-35(32,33)17-7-12(15-8-13(3-5-28-15)20(22,23)24)10-29-19(17)16-11-31-6-4-14(9-18(31)30-16)34-21(25,26)27/h3-11H,2H2,1H3/p+1. The van der Waals surface area contributed by atoms with Crippen LogP contribution in [0, 0.1) is 0 Å². The smallest absolute Gasteiger partial charge is 0.306 e. The second-order valence-corrected chi connectivity index (χ2v) is 10.7. The fourth-order valence-electron chi connectivity index (χ4n) is 3.21. The van der Waals surface area contributed by atoms with Gasteiger partial charge in [-0.25, -0.2) is 9.97 Å². The van der Waals surface area contributed by atoms with Gasteiger partial charge in [0.15, 0.2) is 0 Å². The van der Waals surface area contributed by atoms with Crippen molar-refractivity contribution in [2.45, 2.75) is 28.4 Å². The Kier molecular flexibility index (Phi) is 6.40. The maximum absolute atomic E-state index is 13.1. The van der Waals surface area contributed by atoms with E-state index in [1.54, 1.807) is 0 Å². The Morgan fingerprint density at radius 2 is 1.80 bits per heavy atom. The van der Waals surface area contributed by atoms with Crippen molar-refractivity contribution >= 4 is 27.6 Å². The van der Waals surface area contributed by atoms with E-state index in [2.05, 4.69) is 15.0 Å². The molecule has 1 unspecified atom stereocenters. The summed E-state index contributed by atoms with van der Waals surface area (Å²) in [6.45, 7) is 1.45. The molecule has 0 fully saturated rings. The summed E-state index contributed by atoms with van der Waals surface area (Å²) in [6, 6.07) is 5.28. The number of halogens is 6. The SMILES string of the molecule is CC[S+](=O)(O)c1cc(-c2cc(C(F)(F)F)ccn2)cnc1-c1cn2ccc(SC(F)(F)F)cc2n1. The summed E-state index contributed by atoms with van der Waals surface area (Å²) in [5.74, 6) is -0.221. The number of pyridine rings is 3. The first kappa shape index (κ1) is 25.1. The molecule has 0 saturated heterocycles. The molecule has 1 atom stereocenters. The number of nitrogens with zero attached hydrogens (tertiary/aromatic N) is 4. The van der Waals surface area contributed by atoms with Crippen LogP contribution in [-0.4, -0.2) is 35.2 Å². The van der Waals surface area contributed by atoms with Crippen LogP contribution in [0.3, 0.4) is 0 Å². The summed E-state index contributed by atoms with van der Waals surface area (Å²) >= 11 is -0.308.